The summed E-state index contributed by atoms with van der Waals surface area (Å²) in [5.74, 6) is 3.35. The van der Waals surface area contributed by atoms with Crippen molar-refractivity contribution in [2.24, 2.45) is 61.6 Å². The molecule has 0 heterocycles. The van der Waals surface area contributed by atoms with E-state index in [1.165, 1.54) is 51.4 Å². The smallest absolute Gasteiger partial charge is 0.152 e. The fourth-order valence-corrected chi connectivity index (χ4v) is 14.4. The zero-order valence-corrected chi connectivity index (χ0v) is 24.1. The second-order valence-electron chi connectivity index (χ2n) is 16.5. The number of aliphatic hydroxyl groups is 1. The molecule has 0 saturated heterocycles. The van der Waals surface area contributed by atoms with E-state index < -0.39 is 6.29 Å². The van der Waals surface area contributed by atoms with Crippen molar-refractivity contribution in [3.05, 3.63) is 0 Å². The predicted octanol–water partition coefficient (Wildman–Crippen LogP) is 8.22. The van der Waals surface area contributed by atoms with Gasteiger partial charge in [0.1, 0.15) is 0 Å². The first kappa shape index (κ1) is 24.3. The van der Waals surface area contributed by atoms with Crippen LogP contribution in [0.5, 0.6) is 0 Å². The van der Waals surface area contributed by atoms with E-state index >= 15 is 0 Å². The minimum atomic E-state index is -0.698. The molecule has 9 fully saturated rings. The van der Waals surface area contributed by atoms with Gasteiger partial charge in [0.25, 0.3) is 0 Å². The fraction of sp³-hybridized carbons (Fsp3) is 1.00. The van der Waals surface area contributed by atoms with E-state index in [-0.39, 0.29) is 21.8 Å². The predicted molar refractivity (Wildman–Crippen MR) is 139 cm³/mol. The standard InChI is InChI=1S/C32H54O2/c1-20-11-12-22-17-30(20,25(22,3)4)28(9)15-13-23-18-31(28,26(23,5)6)32-19-24(27(32,7)8)14-16-29(32,10)34-21(2)33/h20-24,33H,11-19H2,1-10H3. The molecule has 0 aromatic heterocycles. The molecule has 10 atom stereocenters. The highest BCUT2D eigenvalue weighted by molar-refractivity contribution is 5.38. The molecule has 1 N–H and O–H groups in total. The van der Waals surface area contributed by atoms with Crippen LogP contribution in [0.1, 0.15) is 127 Å². The molecule has 6 bridgehead atoms. The Hall–Kier alpha value is -0.0800. The molecule has 0 spiro atoms. The maximum Gasteiger partial charge on any atom is 0.152 e. The Kier molecular flexibility index (Phi) is 4.50. The van der Waals surface area contributed by atoms with Crippen molar-refractivity contribution in [3.8, 4) is 0 Å². The summed E-state index contributed by atoms with van der Waals surface area (Å²) in [6.45, 7) is 25.6. The van der Waals surface area contributed by atoms with Crippen LogP contribution in [0.2, 0.25) is 0 Å². The molecule has 194 valence electrons. The Morgan fingerprint density at radius 2 is 1.21 bits per heavy atom. The molecular formula is C32H54O2. The summed E-state index contributed by atoms with van der Waals surface area (Å²) in [6.07, 6.45) is 11.5. The first-order valence-corrected chi connectivity index (χ1v) is 14.9. The number of fused-ring (bicyclic) bond motifs is 6. The van der Waals surface area contributed by atoms with Gasteiger partial charge in [0.15, 0.2) is 6.29 Å². The summed E-state index contributed by atoms with van der Waals surface area (Å²) < 4.78 is 6.76. The van der Waals surface area contributed by atoms with Gasteiger partial charge in [-0.1, -0.05) is 55.4 Å². The minimum absolute atomic E-state index is 0.120. The van der Waals surface area contributed by atoms with Crippen LogP contribution in [0.25, 0.3) is 0 Å². The molecule has 9 saturated carbocycles. The second-order valence-corrected chi connectivity index (χ2v) is 16.5. The zero-order chi connectivity index (χ0) is 25.0. The Bertz CT molecular complexity index is 901. The number of hydrogen-bond acceptors (Lipinski definition) is 2. The molecule has 2 heteroatoms. The Morgan fingerprint density at radius 3 is 1.71 bits per heavy atom. The molecule has 9 aliphatic carbocycles. The van der Waals surface area contributed by atoms with E-state index in [1.807, 2.05) is 6.92 Å². The topological polar surface area (TPSA) is 29.5 Å². The SMILES string of the molecule is CC(O)OC1(C)CCC2CC1(C13CC(CCC1(C)C14CC(CCC1C)C4(C)C)C3(C)C)C2(C)C. The van der Waals surface area contributed by atoms with Crippen LogP contribution in [0.4, 0.5) is 0 Å². The molecule has 0 aromatic rings. The molecule has 0 radical (unpaired) electrons. The highest BCUT2D eigenvalue weighted by atomic mass is 16.6. The zero-order valence-electron chi connectivity index (χ0n) is 24.1. The van der Waals surface area contributed by atoms with Crippen molar-refractivity contribution in [1.82, 2.24) is 0 Å². The van der Waals surface area contributed by atoms with Gasteiger partial charge in [-0.05, 0) is 128 Å². The van der Waals surface area contributed by atoms with Gasteiger partial charge in [-0.3, -0.25) is 0 Å². The van der Waals surface area contributed by atoms with Crippen LogP contribution in [0.15, 0.2) is 0 Å². The van der Waals surface area contributed by atoms with Crippen LogP contribution < -0.4 is 0 Å². The molecule has 0 aromatic carbocycles. The molecule has 2 nitrogen and oxygen atoms in total. The van der Waals surface area contributed by atoms with Crippen molar-refractivity contribution in [1.29, 1.82) is 0 Å². The molecule has 9 rings (SSSR count). The van der Waals surface area contributed by atoms with Gasteiger partial charge in [0, 0.05) is 5.41 Å². The van der Waals surface area contributed by atoms with Crippen molar-refractivity contribution in [2.75, 3.05) is 0 Å². The van der Waals surface area contributed by atoms with E-state index in [0.29, 0.717) is 21.7 Å². The quantitative estimate of drug-likeness (QED) is 0.419. The van der Waals surface area contributed by atoms with Crippen molar-refractivity contribution in [3.63, 3.8) is 0 Å². The summed E-state index contributed by atoms with van der Waals surface area (Å²) >= 11 is 0. The van der Waals surface area contributed by atoms with Gasteiger partial charge in [-0.25, -0.2) is 0 Å². The van der Waals surface area contributed by atoms with E-state index in [0.717, 1.165) is 30.1 Å². The summed E-state index contributed by atoms with van der Waals surface area (Å²) in [4.78, 5) is 0. The van der Waals surface area contributed by atoms with E-state index in [1.54, 1.807) is 0 Å². The van der Waals surface area contributed by atoms with E-state index in [9.17, 15) is 5.11 Å². The highest BCUT2D eigenvalue weighted by Gasteiger charge is 2.91. The lowest BCUT2D eigenvalue weighted by Crippen LogP contribution is -2.89. The molecular weight excluding hydrogens is 416 g/mol. The monoisotopic (exact) mass is 470 g/mol. The van der Waals surface area contributed by atoms with Crippen LogP contribution >= 0.6 is 0 Å². The van der Waals surface area contributed by atoms with Gasteiger partial charge in [-0.15, -0.1) is 0 Å². The largest absolute Gasteiger partial charge is 0.368 e. The normalized spacial score (nSPS) is 58.7. The summed E-state index contributed by atoms with van der Waals surface area (Å²) in [7, 11) is 0. The maximum atomic E-state index is 10.7. The Morgan fingerprint density at radius 1 is 0.676 bits per heavy atom. The van der Waals surface area contributed by atoms with Crippen LogP contribution in [0, 0.1) is 61.6 Å². The lowest BCUT2D eigenvalue weighted by molar-refractivity contribution is -0.469. The van der Waals surface area contributed by atoms with E-state index in [2.05, 4.69) is 62.3 Å². The average Bonchev–Trinajstić information content (AvgIpc) is 2.72. The van der Waals surface area contributed by atoms with Crippen LogP contribution in [-0.2, 0) is 4.74 Å². The lowest BCUT2D eigenvalue weighted by atomic mass is 9.12. The molecule has 0 amide bonds. The average molecular weight is 471 g/mol. The molecule has 0 aliphatic heterocycles. The number of ether oxygens (including phenoxy) is 1. The lowest BCUT2D eigenvalue weighted by Gasteiger charge is -2.93. The third kappa shape index (κ3) is 1.99. The number of aliphatic hydroxyl groups excluding tert-OH is 1. The van der Waals surface area contributed by atoms with Gasteiger partial charge < -0.3 is 9.84 Å². The van der Waals surface area contributed by atoms with Crippen LogP contribution in [-0.4, -0.2) is 17.0 Å². The molecule has 9 aliphatic rings. The number of rotatable bonds is 4. The van der Waals surface area contributed by atoms with Gasteiger partial charge in [-0.2, -0.15) is 0 Å². The summed E-state index contributed by atoms with van der Waals surface area (Å²) in [5, 5.41) is 10.7. The first-order chi connectivity index (χ1) is 15.5. The number of hydrogen-bond donors (Lipinski definition) is 1. The summed E-state index contributed by atoms with van der Waals surface area (Å²) in [6, 6.07) is 0. The molecule has 10 unspecified atom stereocenters. The highest BCUT2D eigenvalue weighted by Crippen LogP contribution is 2.95. The maximum absolute atomic E-state index is 10.7. The fourth-order valence-electron chi connectivity index (χ4n) is 14.4. The van der Waals surface area contributed by atoms with E-state index in [4.69, 9.17) is 4.74 Å². The summed E-state index contributed by atoms with van der Waals surface area (Å²) in [5.41, 5.74) is 1.83. The molecule has 34 heavy (non-hydrogen) atoms. The first-order valence-electron chi connectivity index (χ1n) is 14.9. The second kappa shape index (κ2) is 6.31. The minimum Gasteiger partial charge on any atom is -0.368 e. The Balaban J connectivity index is 1.62. The van der Waals surface area contributed by atoms with Crippen LogP contribution in [0.3, 0.4) is 0 Å². The van der Waals surface area contributed by atoms with Gasteiger partial charge in [0.2, 0.25) is 0 Å². The third-order valence-electron chi connectivity index (χ3n) is 15.8. The van der Waals surface area contributed by atoms with Crippen molar-refractivity contribution in [2.45, 2.75) is 139 Å². The third-order valence-corrected chi connectivity index (χ3v) is 15.8. The van der Waals surface area contributed by atoms with Crippen molar-refractivity contribution < 1.29 is 9.84 Å². The van der Waals surface area contributed by atoms with Gasteiger partial charge in [0.05, 0.1) is 5.60 Å². The van der Waals surface area contributed by atoms with Crippen molar-refractivity contribution >= 4 is 0 Å². The Labute approximate surface area is 210 Å². The van der Waals surface area contributed by atoms with Gasteiger partial charge >= 0.3 is 0 Å².